The molecule has 3 nitrogen and oxygen atoms in total. The van der Waals surface area contributed by atoms with E-state index >= 15 is 0 Å². The average molecular weight is 409 g/mol. The lowest BCUT2D eigenvalue weighted by molar-refractivity contribution is 0.119. The Hall–Kier alpha value is -1.14. The monoisotopic (exact) mass is 409 g/mol. The number of piperazine rings is 1. The Morgan fingerprint density at radius 2 is 2.09 bits per heavy atom. The molecule has 0 aromatic heterocycles. The maximum atomic E-state index is 4.38. The molecule has 118 valence electrons. The van der Waals surface area contributed by atoms with Crippen LogP contribution in [0.2, 0.25) is 0 Å². The number of halogens is 1. The second kappa shape index (κ2) is 8.48. The molecule has 0 N–H and O–H groups in total. The second-order valence-electron chi connectivity index (χ2n) is 5.52. The zero-order valence-electron chi connectivity index (χ0n) is 13.4. The fraction of sp³-hybridized carbons (Fsp3) is 0.389. The largest absolute Gasteiger partial charge is 0.347 e. The molecule has 1 fully saturated rings. The summed E-state index contributed by atoms with van der Waals surface area (Å²) in [5, 5.41) is 0. The topological polar surface area (TPSA) is 18.8 Å². The van der Waals surface area contributed by atoms with E-state index in [1.807, 2.05) is 6.92 Å². The van der Waals surface area contributed by atoms with Crippen LogP contribution in [-0.4, -0.2) is 47.6 Å². The molecule has 1 atom stereocenters. The van der Waals surface area contributed by atoms with Gasteiger partial charge < -0.3 is 9.80 Å². The van der Waals surface area contributed by atoms with Crippen molar-refractivity contribution >= 4 is 29.3 Å². The van der Waals surface area contributed by atoms with Crippen molar-refractivity contribution in [2.45, 2.75) is 13.0 Å². The van der Waals surface area contributed by atoms with Crippen LogP contribution in [0.4, 0.5) is 0 Å². The minimum Gasteiger partial charge on any atom is -0.347 e. The molecule has 4 heteroatoms. The number of aliphatic imine (C=N–C) groups is 1. The first-order chi connectivity index (χ1) is 10.7. The summed E-state index contributed by atoms with van der Waals surface area (Å²) in [5.41, 5.74) is 2.58. The third-order valence-corrected chi connectivity index (χ3v) is 4.81. The first kappa shape index (κ1) is 17.2. The van der Waals surface area contributed by atoms with Crippen LogP contribution in [0, 0.1) is 0 Å². The summed E-state index contributed by atoms with van der Waals surface area (Å²) in [6.07, 6.45) is 4.23. The SMILES string of the molecule is C=N/C(=C(\C=C/C)CI)N1CCN(C)CC1c1ccccc1. The number of hydrogen-bond donors (Lipinski definition) is 0. The first-order valence-electron chi connectivity index (χ1n) is 7.60. The number of alkyl halides is 1. The smallest absolute Gasteiger partial charge is 0.132 e. The van der Waals surface area contributed by atoms with Gasteiger partial charge in [0, 0.05) is 29.6 Å². The highest BCUT2D eigenvalue weighted by atomic mass is 127. The van der Waals surface area contributed by atoms with Crippen molar-refractivity contribution in [1.82, 2.24) is 9.80 Å². The molecule has 1 saturated heterocycles. The van der Waals surface area contributed by atoms with Crippen molar-refractivity contribution in [3.05, 3.63) is 59.4 Å². The molecule has 0 radical (unpaired) electrons. The predicted octanol–water partition coefficient (Wildman–Crippen LogP) is 3.90. The van der Waals surface area contributed by atoms with E-state index in [0.717, 1.165) is 29.9 Å². The van der Waals surface area contributed by atoms with Crippen LogP contribution in [-0.2, 0) is 0 Å². The van der Waals surface area contributed by atoms with Crippen LogP contribution in [0.25, 0.3) is 0 Å². The minimum absolute atomic E-state index is 0.323. The lowest BCUT2D eigenvalue weighted by Gasteiger charge is -2.42. The molecule has 2 rings (SSSR count). The molecule has 0 amide bonds. The van der Waals surface area contributed by atoms with Crippen molar-refractivity contribution in [2.75, 3.05) is 31.1 Å². The molecule has 0 saturated carbocycles. The van der Waals surface area contributed by atoms with Gasteiger partial charge in [0.15, 0.2) is 0 Å². The van der Waals surface area contributed by atoms with Gasteiger partial charge in [0.05, 0.1) is 6.04 Å². The van der Waals surface area contributed by atoms with Crippen LogP contribution in [0.3, 0.4) is 0 Å². The molecule has 1 unspecified atom stereocenters. The Labute approximate surface area is 147 Å². The van der Waals surface area contributed by atoms with E-state index in [1.165, 1.54) is 11.1 Å². The van der Waals surface area contributed by atoms with Gasteiger partial charge in [0.2, 0.25) is 0 Å². The summed E-state index contributed by atoms with van der Waals surface area (Å²) in [6.45, 7) is 8.91. The molecule has 22 heavy (non-hydrogen) atoms. The Bertz CT molecular complexity index is 551. The highest BCUT2D eigenvalue weighted by Crippen LogP contribution is 2.30. The zero-order chi connectivity index (χ0) is 15.9. The van der Waals surface area contributed by atoms with Gasteiger partial charge in [-0.2, -0.15) is 0 Å². The molecule has 1 aliphatic heterocycles. The number of rotatable bonds is 5. The summed E-state index contributed by atoms with van der Waals surface area (Å²) >= 11 is 2.40. The van der Waals surface area contributed by atoms with Crippen LogP contribution in [0.15, 0.2) is 58.9 Å². The molecular weight excluding hydrogens is 385 g/mol. The Balaban J connectivity index is 2.42. The van der Waals surface area contributed by atoms with Gasteiger partial charge in [-0.25, -0.2) is 4.99 Å². The van der Waals surface area contributed by atoms with Crippen molar-refractivity contribution in [2.24, 2.45) is 4.99 Å². The normalized spacial score (nSPS) is 21.0. The Kier molecular flexibility index (Phi) is 6.64. The van der Waals surface area contributed by atoms with E-state index in [2.05, 4.69) is 93.6 Å². The van der Waals surface area contributed by atoms with Gasteiger partial charge >= 0.3 is 0 Å². The molecule has 1 aromatic rings. The summed E-state index contributed by atoms with van der Waals surface area (Å²) in [6, 6.07) is 11.0. The number of allylic oxidation sites excluding steroid dienone is 3. The highest BCUT2D eigenvalue weighted by molar-refractivity contribution is 14.1. The van der Waals surface area contributed by atoms with Crippen LogP contribution in [0.1, 0.15) is 18.5 Å². The van der Waals surface area contributed by atoms with Crippen molar-refractivity contribution in [1.29, 1.82) is 0 Å². The quantitative estimate of drug-likeness (QED) is 0.318. The van der Waals surface area contributed by atoms with Gasteiger partial charge in [0.1, 0.15) is 5.82 Å². The van der Waals surface area contributed by atoms with E-state index < -0.39 is 0 Å². The third-order valence-electron chi connectivity index (χ3n) is 3.99. The summed E-state index contributed by atoms with van der Waals surface area (Å²) in [7, 11) is 2.18. The second-order valence-corrected chi connectivity index (χ2v) is 6.29. The minimum atomic E-state index is 0.323. The highest BCUT2D eigenvalue weighted by Gasteiger charge is 2.28. The van der Waals surface area contributed by atoms with Crippen LogP contribution >= 0.6 is 22.6 Å². The Morgan fingerprint density at radius 1 is 1.36 bits per heavy atom. The van der Waals surface area contributed by atoms with Gasteiger partial charge in [-0.05, 0) is 26.3 Å². The van der Waals surface area contributed by atoms with Gasteiger partial charge in [-0.15, -0.1) is 0 Å². The number of hydrogen-bond acceptors (Lipinski definition) is 3. The van der Waals surface area contributed by atoms with E-state index in [4.69, 9.17) is 0 Å². The molecule has 1 aliphatic rings. The maximum absolute atomic E-state index is 4.38. The molecule has 0 aliphatic carbocycles. The van der Waals surface area contributed by atoms with Crippen LogP contribution < -0.4 is 0 Å². The third kappa shape index (κ3) is 3.98. The lowest BCUT2D eigenvalue weighted by Crippen LogP contribution is -2.46. The maximum Gasteiger partial charge on any atom is 0.132 e. The van der Waals surface area contributed by atoms with Crippen molar-refractivity contribution in [3.8, 4) is 0 Å². The van der Waals surface area contributed by atoms with Crippen molar-refractivity contribution in [3.63, 3.8) is 0 Å². The van der Waals surface area contributed by atoms with Gasteiger partial charge in [-0.3, -0.25) is 0 Å². The molecule has 1 aromatic carbocycles. The first-order valence-corrected chi connectivity index (χ1v) is 9.12. The summed E-state index contributed by atoms with van der Waals surface area (Å²) in [5.74, 6) is 1.02. The summed E-state index contributed by atoms with van der Waals surface area (Å²) < 4.78 is 0.935. The zero-order valence-corrected chi connectivity index (χ0v) is 15.5. The Morgan fingerprint density at radius 3 is 2.68 bits per heavy atom. The number of benzene rings is 1. The van der Waals surface area contributed by atoms with E-state index in [9.17, 15) is 0 Å². The van der Waals surface area contributed by atoms with E-state index in [1.54, 1.807) is 0 Å². The van der Waals surface area contributed by atoms with E-state index in [-0.39, 0.29) is 0 Å². The van der Waals surface area contributed by atoms with E-state index in [0.29, 0.717) is 6.04 Å². The van der Waals surface area contributed by atoms with Gasteiger partial charge in [0.25, 0.3) is 0 Å². The molecule has 0 bridgehead atoms. The predicted molar refractivity (Wildman–Crippen MR) is 104 cm³/mol. The lowest BCUT2D eigenvalue weighted by atomic mass is 10.0. The molecule has 0 spiro atoms. The number of likely N-dealkylation sites (N-methyl/N-ethyl adjacent to an activating group) is 1. The van der Waals surface area contributed by atoms with Crippen LogP contribution in [0.5, 0.6) is 0 Å². The standard InChI is InChI=1S/C18H24IN3/c1-4-8-16(13-19)18(20-2)22-12-11-21(3)14-17(22)15-9-6-5-7-10-15/h4-10,17H,2,11-14H2,1,3H3/b8-4-,18-16-. The molecule has 1 heterocycles. The summed E-state index contributed by atoms with van der Waals surface area (Å²) in [4.78, 5) is 9.18. The fourth-order valence-corrected chi connectivity index (χ4v) is 3.49. The van der Waals surface area contributed by atoms with Crippen molar-refractivity contribution < 1.29 is 0 Å². The van der Waals surface area contributed by atoms with Gasteiger partial charge in [-0.1, -0.05) is 65.1 Å². The molecular formula is C18H24IN3. The average Bonchev–Trinajstić information content (AvgIpc) is 2.56. The number of nitrogens with zero attached hydrogens (tertiary/aromatic N) is 3. The fourth-order valence-electron chi connectivity index (χ4n) is 2.89.